The smallest absolute Gasteiger partial charge is 0.251 e. The van der Waals surface area contributed by atoms with Gasteiger partial charge in [-0.15, -0.1) is 0 Å². The van der Waals surface area contributed by atoms with Crippen molar-refractivity contribution >= 4 is 28.2 Å². The Morgan fingerprint density at radius 1 is 1.22 bits per heavy atom. The molecule has 2 fully saturated rings. The Kier molecular flexibility index (Phi) is 7.14. The van der Waals surface area contributed by atoms with Crippen LogP contribution in [0.5, 0.6) is 5.88 Å². The number of aliphatic imine (C=N–C) groups is 1. The summed E-state index contributed by atoms with van der Waals surface area (Å²) in [7, 11) is 0. The normalized spacial score (nSPS) is 18.2. The van der Waals surface area contributed by atoms with Gasteiger partial charge in [0.15, 0.2) is 5.88 Å². The number of hydrogen-bond donors (Lipinski definition) is 3. The van der Waals surface area contributed by atoms with Crippen LogP contribution in [0.3, 0.4) is 0 Å². The minimum atomic E-state index is -0.114. The van der Waals surface area contributed by atoms with Gasteiger partial charge in [0.25, 0.3) is 5.91 Å². The van der Waals surface area contributed by atoms with Crippen LogP contribution in [-0.4, -0.2) is 62.1 Å². The lowest BCUT2D eigenvalue weighted by Crippen LogP contribution is -2.45. The first-order valence-electron chi connectivity index (χ1n) is 13.4. The Labute approximate surface area is 212 Å². The van der Waals surface area contributed by atoms with E-state index in [0.29, 0.717) is 36.1 Å². The number of nitrogens with one attached hydrogen (secondary N) is 2. The first-order valence-corrected chi connectivity index (χ1v) is 13.4. The van der Waals surface area contributed by atoms with Gasteiger partial charge in [0.2, 0.25) is 0 Å². The standard InChI is InChI=1S/C28H38N6O2/c1-4-24(26-23-14-19(27(35)29-15-18(2)3)8-9-25(23)32-28(26)36)31-20-16-30-34(17-20)22-10-12-33(13-11-22)21-6-5-7-21/h8-9,14,16-18,21-22,32,36H,4-7,10-13,15H2,1-3H3,(H,29,35). The Hall–Kier alpha value is -3.13. The van der Waals surface area contributed by atoms with E-state index in [1.54, 1.807) is 6.07 Å². The van der Waals surface area contributed by atoms with Crippen molar-refractivity contribution in [2.75, 3.05) is 19.6 Å². The van der Waals surface area contributed by atoms with Crippen LogP contribution in [0, 0.1) is 5.92 Å². The fourth-order valence-corrected chi connectivity index (χ4v) is 5.33. The number of fused-ring (bicyclic) bond motifs is 1. The van der Waals surface area contributed by atoms with E-state index < -0.39 is 0 Å². The van der Waals surface area contributed by atoms with Crippen molar-refractivity contribution in [2.24, 2.45) is 10.9 Å². The molecular weight excluding hydrogens is 452 g/mol. The summed E-state index contributed by atoms with van der Waals surface area (Å²) in [5.41, 5.74) is 3.54. The molecule has 0 atom stereocenters. The van der Waals surface area contributed by atoms with Gasteiger partial charge in [0, 0.05) is 42.1 Å². The predicted molar refractivity (Wildman–Crippen MR) is 143 cm³/mol. The molecule has 0 radical (unpaired) electrons. The van der Waals surface area contributed by atoms with E-state index in [2.05, 4.69) is 38.8 Å². The highest BCUT2D eigenvalue weighted by molar-refractivity contribution is 6.14. The summed E-state index contributed by atoms with van der Waals surface area (Å²) in [6.07, 6.45) is 10.8. The maximum Gasteiger partial charge on any atom is 0.251 e. The highest BCUT2D eigenvalue weighted by Crippen LogP contribution is 2.33. The fourth-order valence-electron chi connectivity index (χ4n) is 5.33. The van der Waals surface area contributed by atoms with Crippen LogP contribution >= 0.6 is 0 Å². The lowest BCUT2D eigenvalue weighted by Gasteiger charge is -2.41. The molecule has 192 valence electrons. The van der Waals surface area contributed by atoms with Crippen molar-refractivity contribution in [3.63, 3.8) is 0 Å². The predicted octanol–water partition coefficient (Wildman–Crippen LogP) is 5.18. The molecule has 3 heterocycles. The Bertz CT molecular complexity index is 1240. The lowest BCUT2D eigenvalue weighted by atomic mass is 9.89. The van der Waals surface area contributed by atoms with Crippen molar-refractivity contribution in [3.05, 3.63) is 41.7 Å². The molecule has 3 N–H and O–H groups in total. The number of nitrogens with zero attached hydrogens (tertiary/aromatic N) is 4. The monoisotopic (exact) mass is 490 g/mol. The molecule has 0 unspecified atom stereocenters. The zero-order valence-corrected chi connectivity index (χ0v) is 21.6. The van der Waals surface area contributed by atoms with Crippen molar-refractivity contribution < 1.29 is 9.90 Å². The second-order valence-electron chi connectivity index (χ2n) is 10.7. The third-order valence-electron chi connectivity index (χ3n) is 7.65. The molecule has 1 amide bonds. The van der Waals surface area contributed by atoms with Crippen molar-refractivity contribution in [2.45, 2.75) is 71.4 Å². The summed E-state index contributed by atoms with van der Waals surface area (Å²) >= 11 is 0. The highest BCUT2D eigenvalue weighted by Gasteiger charge is 2.29. The summed E-state index contributed by atoms with van der Waals surface area (Å²) in [5.74, 6) is 0.331. The number of aromatic amines is 1. The molecule has 3 aromatic rings. The molecule has 0 spiro atoms. The number of amides is 1. The molecule has 2 aliphatic rings. The summed E-state index contributed by atoms with van der Waals surface area (Å²) in [4.78, 5) is 23.2. The molecule has 1 saturated carbocycles. The van der Waals surface area contributed by atoms with Crippen LogP contribution in [0.4, 0.5) is 5.69 Å². The number of piperidine rings is 1. The van der Waals surface area contributed by atoms with Gasteiger partial charge in [0.1, 0.15) is 5.69 Å². The van der Waals surface area contributed by atoms with Gasteiger partial charge in [-0.25, -0.2) is 4.99 Å². The van der Waals surface area contributed by atoms with E-state index in [1.165, 1.54) is 19.3 Å². The Morgan fingerprint density at radius 3 is 2.67 bits per heavy atom. The highest BCUT2D eigenvalue weighted by atomic mass is 16.3. The van der Waals surface area contributed by atoms with Crippen molar-refractivity contribution in [1.29, 1.82) is 0 Å². The molecule has 0 bridgehead atoms. The van der Waals surface area contributed by atoms with Gasteiger partial charge >= 0.3 is 0 Å². The zero-order valence-electron chi connectivity index (χ0n) is 21.6. The quantitative estimate of drug-likeness (QED) is 0.379. The number of benzene rings is 1. The number of carbonyl (C=O) groups excluding carboxylic acids is 1. The number of H-pyrrole nitrogens is 1. The third kappa shape index (κ3) is 5.05. The van der Waals surface area contributed by atoms with E-state index in [4.69, 9.17) is 4.99 Å². The Morgan fingerprint density at radius 2 is 2.00 bits per heavy atom. The SMILES string of the molecule is CCC(=Nc1cnn(C2CCN(C3CCC3)CC2)c1)c1c(O)[nH]c2ccc(C(=O)NCC(C)C)cc12. The number of likely N-dealkylation sites (tertiary alicyclic amines) is 1. The van der Waals surface area contributed by atoms with Crippen molar-refractivity contribution in [1.82, 2.24) is 25.0 Å². The molecule has 5 rings (SSSR count). The second-order valence-corrected chi connectivity index (χ2v) is 10.7. The Balaban J connectivity index is 1.36. The maximum atomic E-state index is 12.6. The summed E-state index contributed by atoms with van der Waals surface area (Å²) < 4.78 is 2.07. The number of hydrogen-bond acceptors (Lipinski definition) is 5. The maximum absolute atomic E-state index is 12.6. The topological polar surface area (TPSA) is 98.5 Å². The van der Waals surface area contributed by atoms with Crippen LogP contribution < -0.4 is 5.32 Å². The minimum Gasteiger partial charge on any atom is -0.494 e. The molecular formula is C28H38N6O2. The van der Waals surface area contributed by atoms with Gasteiger partial charge in [-0.3, -0.25) is 9.48 Å². The number of aromatic nitrogens is 3. The van der Waals surface area contributed by atoms with Gasteiger partial charge in [-0.2, -0.15) is 5.10 Å². The zero-order chi connectivity index (χ0) is 25.2. The average molecular weight is 491 g/mol. The molecule has 2 aromatic heterocycles. The van der Waals surface area contributed by atoms with Gasteiger partial charge < -0.3 is 20.3 Å². The molecule has 36 heavy (non-hydrogen) atoms. The van der Waals surface area contributed by atoms with Crippen LogP contribution in [-0.2, 0) is 0 Å². The molecule has 8 heteroatoms. The number of aromatic hydroxyl groups is 1. The average Bonchev–Trinajstić information content (AvgIpc) is 3.43. The van der Waals surface area contributed by atoms with Gasteiger partial charge in [-0.05, 0) is 56.2 Å². The lowest BCUT2D eigenvalue weighted by molar-refractivity contribution is 0.0842. The number of carbonyl (C=O) groups is 1. The van der Waals surface area contributed by atoms with Crippen LogP contribution in [0.25, 0.3) is 10.9 Å². The number of rotatable bonds is 8. The van der Waals surface area contributed by atoms with E-state index >= 15 is 0 Å². The first kappa shape index (κ1) is 24.6. The van der Waals surface area contributed by atoms with E-state index in [9.17, 15) is 9.90 Å². The van der Waals surface area contributed by atoms with Crippen molar-refractivity contribution in [3.8, 4) is 5.88 Å². The van der Waals surface area contributed by atoms with E-state index in [0.717, 1.165) is 54.3 Å². The first-order chi connectivity index (χ1) is 17.4. The van der Waals surface area contributed by atoms with Crippen LogP contribution in [0.2, 0.25) is 0 Å². The van der Waals surface area contributed by atoms with Gasteiger partial charge in [0.05, 0.1) is 29.7 Å². The summed E-state index contributed by atoms with van der Waals surface area (Å²) in [5, 5.41) is 19.2. The summed E-state index contributed by atoms with van der Waals surface area (Å²) in [6.45, 7) is 9.06. The van der Waals surface area contributed by atoms with Gasteiger partial charge in [-0.1, -0.05) is 27.2 Å². The van der Waals surface area contributed by atoms with E-state index in [-0.39, 0.29) is 11.8 Å². The van der Waals surface area contributed by atoms with Crippen LogP contribution in [0.15, 0.2) is 35.6 Å². The fraction of sp³-hybridized carbons (Fsp3) is 0.536. The van der Waals surface area contributed by atoms with E-state index in [1.807, 2.05) is 31.5 Å². The molecule has 1 aliphatic carbocycles. The molecule has 8 nitrogen and oxygen atoms in total. The van der Waals surface area contributed by atoms with Crippen LogP contribution in [0.1, 0.15) is 81.3 Å². The molecule has 1 saturated heterocycles. The third-order valence-corrected chi connectivity index (χ3v) is 7.65. The second kappa shape index (κ2) is 10.5. The molecule has 1 aromatic carbocycles. The summed E-state index contributed by atoms with van der Waals surface area (Å²) in [6, 6.07) is 6.66. The minimum absolute atomic E-state index is 0.0705. The molecule has 1 aliphatic heterocycles. The largest absolute Gasteiger partial charge is 0.494 e.